The summed E-state index contributed by atoms with van der Waals surface area (Å²) in [6, 6.07) is 0. The van der Waals surface area contributed by atoms with Gasteiger partial charge in [0.15, 0.2) is 0 Å². The Bertz CT molecular complexity index is 139. The lowest BCUT2D eigenvalue weighted by atomic mass is 10.1. The Labute approximate surface area is 54.1 Å². The number of ether oxygens (including phenoxy) is 1. The van der Waals surface area contributed by atoms with Gasteiger partial charge in [0.05, 0.1) is 11.2 Å². The van der Waals surface area contributed by atoms with E-state index in [1.165, 1.54) is 0 Å². The molecule has 0 aliphatic rings. The summed E-state index contributed by atoms with van der Waals surface area (Å²) in [5.74, 6) is -0.537. The van der Waals surface area contributed by atoms with Gasteiger partial charge < -0.3 is 4.74 Å². The number of hydrogen-bond donors (Lipinski definition) is 0. The molecule has 48 valence electrons. The van der Waals surface area contributed by atoms with E-state index < -0.39 is 13.0 Å². The summed E-state index contributed by atoms with van der Waals surface area (Å²) in [5, 5.41) is 0. The lowest BCUT2D eigenvalue weighted by molar-refractivity contribution is -0.141. The van der Waals surface area contributed by atoms with E-state index >= 15 is 0 Å². The molecular formula is C6H12O2. The summed E-state index contributed by atoms with van der Waals surface area (Å²) in [5.41, 5.74) is 0. The zero-order valence-corrected chi connectivity index (χ0v) is 5.10. The minimum atomic E-state index is -2.59. The van der Waals surface area contributed by atoms with Crippen LogP contribution in [0.2, 0.25) is 0 Å². The molecular weight excluding hydrogens is 104 g/mol. The molecule has 0 atom stereocenters. The standard InChI is InChI=1S/C6H12O2/c1-5(2)4-6(7)8-3/h5H,4H2,1-3H3/i3D3. The Morgan fingerprint density at radius 1 is 1.88 bits per heavy atom. The molecule has 0 saturated heterocycles. The van der Waals surface area contributed by atoms with E-state index in [0.29, 0.717) is 0 Å². The van der Waals surface area contributed by atoms with Gasteiger partial charge in [-0.05, 0) is 5.92 Å². The third-order valence-electron chi connectivity index (χ3n) is 0.689. The lowest BCUT2D eigenvalue weighted by Crippen LogP contribution is -2.03. The summed E-state index contributed by atoms with van der Waals surface area (Å²) in [4.78, 5) is 10.7. The SMILES string of the molecule is [2H]C([2H])([2H])OC(=O)CC(C)C. The van der Waals surface area contributed by atoms with Crippen molar-refractivity contribution in [1.29, 1.82) is 0 Å². The summed E-state index contributed by atoms with van der Waals surface area (Å²) < 4.78 is 23.9. The average molecular weight is 119 g/mol. The molecule has 0 bridgehead atoms. The van der Waals surface area contributed by atoms with Crippen LogP contribution < -0.4 is 0 Å². The molecule has 0 heterocycles. The van der Waals surface area contributed by atoms with E-state index in [0.717, 1.165) is 0 Å². The van der Waals surface area contributed by atoms with E-state index in [9.17, 15) is 4.79 Å². The predicted octanol–water partition coefficient (Wildman–Crippen LogP) is 1.21. The van der Waals surface area contributed by atoms with Crippen molar-refractivity contribution < 1.29 is 13.6 Å². The van der Waals surface area contributed by atoms with Gasteiger partial charge in [-0.3, -0.25) is 4.79 Å². The predicted molar refractivity (Wildman–Crippen MR) is 31.5 cm³/mol. The zero-order chi connectivity index (χ0) is 9.07. The summed E-state index contributed by atoms with van der Waals surface area (Å²) in [6.45, 7) is 3.64. The molecule has 0 aromatic carbocycles. The van der Waals surface area contributed by atoms with Crippen LogP contribution in [0.5, 0.6) is 0 Å². The average Bonchev–Trinajstić information content (AvgIpc) is 1.53. The minimum absolute atomic E-state index is 0.129. The minimum Gasteiger partial charge on any atom is -0.469 e. The van der Waals surface area contributed by atoms with Gasteiger partial charge in [0.1, 0.15) is 0 Å². The van der Waals surface area contributed by atoms with Gasteiger partial charge in [-0.2, -0.15) is 0 Å². The van der Waals surface area contributed by atoms with Gasteiger partial charge in [-0.15, -0.1) is 0 Å². The molecule has 0 aliphatic heterocycles. The molecule has 0 aliphatic carbocycles. The van der Waals surface area contributed by atoms with Crippen LogP contribution in [0.1, 0.15) is 24.4 Å². The number of methoxy groups -OCH3 is 1. The Balaban J connectivity index is 3.71. The molecule has 0 saturated carbocycles. The molecule has 0 unspecified atom stereocenters. The smallest absolute Gasteiger partial charge is 0.305 e. The lowest BCUT2D eigenvalue weighted by Gasteiger charge is -1.99. The highest BCUT2D eigenvalue weighted by atomic mass is 16.5. The van der Waals surface area contributed by atoms with Crippen molar-refractivity contribution in [1.82, 2.24) is 0 Å². The Hall–Kier alpha value is -0.530. The molecule has 2 heteroatoms. The molecule has 0 aromatic rings. The van der Waals surface area contributed by atoms with E-state index in [-0.39, 0.29) is 12.3 Å². The Morgan fingerprint density at radius 3 is 2.88 bits per heavy atom. The van der Waals surface area contributed by atoms with Crippen molar-refractivity contribution in [3.8, 4) is 0 Å². The first-order valence-electron chi connectivity index (χ1n) is 4.03. The first-order valence-corrected chi connectivity index (χ1v) is 2.53. The van der Waals surface area contributed by atoms with Gasteiger partial charge in [-0.1, -0.05) is 13.8 Å². The third kappa shape index (κ3) is 3.65. The first-order chi connectivity index (χ1) is 4.81. The molecule has 0 amide bonds. The molecule has 0 N–H and O–H groups in total. The van der Waals surface area contributed by atoms with E-state index in [4.69, 9.17) is 4.11 Å². The maximum absolute atomic E-state index is 10.7. The second kappa shape index (κ2) is 3.47. The fraction of sp³-hybridized carbons (Fsp3) is 0.833. The second-order valence-corrected chi connectivity index (χ2v) is 2.07. The number of carbonyl (C=O) groups is 1. The number of hydrogen-bond acceptors (Lipinski definition) is 2. The van der Waals surface area contributed by atoms with E-state index in [1.54, 1.807) is 0 Å². The van der Waals surface area contributed by atoms with Crippen LogP contribution in [0.4, 0.5) is 0 Å². The maximum Gasteiger partial charge on any atom is 0.305 e. The van der Waals surface area contributed by atoms with Gasteiger partial charge >= 0.3 is 5.97 Å². The topological polar surface area (TPSA) is 26.3 Å². The van der Waals surface area contributed by atoms with E-state index in [2.05, 4.69) is 4.74 Å². The molecule has 0 fully saturated rings. The van der Waals surface area contributed by atoms with Crippen molar-refractivity contribution in [3.05, 3.63) is 0 Å². The van der Waals surface area contributed by atoms with E-state index in [1.807, 2.05) is 13.8 Å². The maximum atomic E-state index is 10.7. The van der Waals surface area contributed by atoms with Crippen LogP contribution in [0, 0.1) is 5.92 Å². The van der Waals surface area contributed by atoms with Crippen molar-refractivity contribution in [2.45, 2.75) is 20.3 Å². The zero-order valence-electron chi connectivity index (χ0n) is 8.10. The molecule has 2 nitrogen and oxygen atoms in total. The Morgan fingerprint density at radius 2 is 2.50 bits per heavy atom. The van der Waals surface area contributed by atoms with Crippen LogP contribution in [-0.2, 0) is 9.53 Å². The molecule has 0 spiro atoms. The van der Waals surface area contributed by atoms with Crippen LogP contribution in [-0.4, -0.2) is 13.0 Å². The van der Waals surface area contributed by atoms with Crippen LogP contribution in [0.15, 0.2) is 0 Å². The number of esters is 1. The molecule has 0 aromatic heterocycles. The van der Waals surface area contributed by atoms with Crippen molar-refractivity contribution in [3.63, 3.8) is 0 Å². The van der Waals surface area contributed by atoms with Crippen LogP contribution in [0.25, 0.3) is 0 Å². The quantitative estimate of drug-likeness (QED) is 0.511. The summed E-state index contributed by atoms with van der Waals surface area (Å²) >= 11 is 0. The highest BCUT2D eigenvalue weighted by Crippen LogP contribution is 1.98. The van der Waals surface area contributed by atoms with Crippen LogP contribution >= 0.6 is 0 Å². The van der Waals surface area contributed by atoms with Gasteiger partial charge in [0.25, 0.3) is 0 Å². The summed E-state index contributed by atoms with van der Waals surface area (Å²) in [7, 11) is -2.59. The molecule has 0 radical (unpaired) electrons. The van der Waals surface area contributed by atoms with Crippen molar-refractivity contribution in [2.75, 3.05) is 7.04 Å². The molecule has 0 rings (SSSR count). The number of rotatable bonds is 2. The van der Waals surface area contributed by atoms with Gasteiger partial charge in [0.2, 0.25) is 0 Å². The molecule has 8 heavy (non-hydrogen) atoms. The van der Waals surface area contributed by atoms with Crippen LogP contribution in [0.3, 0.4) is 0 Å². The fourth-order valence-electron chi connectivity index (χ4n) is 0.375. The van der Waals surface area contributed by atoms with Crippen molar-refractivity contribution in [2.24, 2.45) is 5.92 Å². The highest BCUT2D eigenvalue weighted by molar-refractivity contribution is 5.69. The third-order valence-corrected chi connectivity index (χ3v) is 0.689. The fourth-order valence-corrected chi connectivity index (χ4v) is 0.375. The first kappa shape index (κ1) is 3.49. The Kier molecular flexibility index (Phi) is 1.51. The monoisotopic (exact) mass is 119 g/mol. The highest BCUT2D eigenvalue weighted by Gasteiger charge is 2.01. The number of carbonyl (C=O) groups excluding carboxylic acids is 1. The van der Waals surface area contributed by atoms with Gasteiger partial charge in [0, 0.05) is 6.42 Å². The summed E-state index contributed by atoms with van der Waals surface area (Å²) in [6.07, 6.45) is 0.151. The second-order valence-electron chi connectivity index (χ2n) is 2.07. The largest absolute Gasteiger partial charge is 0.469 e. The van der Waals surface area contributed by atoms with Crippen molar-refractivity contribution >= 4 is 5.97 Å². The van der Waals surface area contributed by atoms with Gasteiger partial charge in [-0.25, -0.2) is 0 Å². The normalized spacial score (nSPS) is 16.6.